The van der Waals surface area contributed by atoms with E-state index in [-0.39, 0.29) is 36.4 Å². The summed E-state index contributed by atoms with van der Waals surface area (Å²) < 4.78 is 75.3. The van der Waals surface area contributed by atoms with E-state index in [9.17, 15) is 45.5 Å². The van der Waals surface area contributed by atoms with E-state index in [0.717, 1.165) is 12.4 Å². The maximum atomic E-state index is 13.0. The highest BCUT2D eigenvalue weighted by atomic mass is 19.4. The molecular formula is C32H28F6N4O4. The fourth-order valence-electron chi connectivity index (χ4n) is 3.92. The Morgan fingerprint density at radius 3 is 1.17 bits per heavy atom. The van der Waals surface area contributed by atoms with Crippen LogP contribution in [0.2, 0.25) is 0 Å². The second-order valence-corrected chi connectivity index (χ2v) is 9.76. The van der Waals surface area contributed by atoms with E-state index in [0.29, 0.717) is 11.1 Å². The molecular weight excluding hydrogens is 618 g/mol. The van der Waals surface area contributed by atoms with Crippen molar-refractivity contribution in [1.29, 1.82) is 0 Å². The Balaban J connectivity index is 1.68. The fraction of sp³-hybridized carbons (Fsp3) is 0.188. The predicted octanol–water partition coefficient (Wildman–Crippen LogP) is 5.26. The number of hydrogen-bond donors (Lipinski definition) is 4. The molecule has 0 saturated heterocycles. The van der Waals surface area contributed by atoms with Crippen molar-refractivity contribution in [3.63, 3.8) is 0 Å². The van der Waals surface area contributed by atoms with Gasteiger partial charge in [0.25, 0.3) is 11.6 Å². The number of amides is 2. The van der Waals surface area contributed by atoms with Crippen LogP contribution in [0.3, 0.4) is 0 Å². The molecule has 0 saturated carbocycles. The van der Waals surface area contributed by atoms with Crippen LogP contribution in [0.5, 0.6) is 0 Å². The number of rotatable bonds is 14. The molecule has 3 aromatic rings. The monoisotopic (exact) mass is 646 g/mol. The fourth-order valence-corrected chi connectivity index (χ4v) is 3.92. The predicted molar refractivity (Wildman–Crippen MR) is 158 cm³/mol. The van der Waals surface area contributed by atoms with Crippen molar-refractivity contribution in [2.45, 2.75) is 37.3 Å². The second kappa shape index (κ2) is 16.1. The summed E-state index contributed by atoms with van der Waals surface area (Å²) in [6.45, 7) is 0. The van der Waals surface area contributed by atoms with E-state index in [1.54, 1.807) is 60.7 Å². The van der Waals surface area contributed by atoms with E-state index in [1.165, 1.54) is 24.3 Å². The summed E-state index contributed by atoms with van der Waals surface area (Å²) in [5, 5.41) is 10.3. The molecule has 2 atom stereocenters. The highest BCUT2D eigenvalue weighted by molar-refractivity contribution is 5.98. The van der Waals surface area contributed by atoms with Crippen molar-refractivity contribution in [3.8, 4) is 0 Å². The van der Waals surface area contributed by atoms with Crippen LogP contribution in [-0.2, 0) is 32.0 Å². The third-order valence-electron chi connectivity index (χ3n) is 6.24. The molecule has 46 heavy (non-hydrogen) atoms. The van der Waals surface area contributed by atoms with Gasteiger partial charge in [-0.1, -0.05) is 60.7 Å². The van der Waals surface area contributed by atoms with Crippen molar-refractivity contribution in [1.82, 2.24) is 10.6 Å². The van der Waals surface area contributed by atoms with Crippen LogP contribution in [0, 0.1) is 0 Å². The molecule has 4 N–H and O–H groups in total. The Morgan fingerprint density at radius 1 is 0.543 bits per heavy atom. The van der Waals surface area contributed by atoms with Gasteiger partial charge in [-0.25, -0.2) is 0 Å². The van der Waals surface area contributed by atoms with Gasteiger partial charge < -0.3 is 21.3 Å². The summed E-state index contributed by atoms with van der Waals surface area (Å²) in [5.74, 6) is -5.44. The minimum absolute atomic E-state index is 0.0736. The second-order valence-electron chi connectivity index (χ2n) is 9.76. The van der Waals surface area contributed by atoms with Gasteiger partial charge in [0.05, 0.1) is 0 Å². The zero-order valence-corrected chi connectivity index (χ0v) is 23.9. The van der Waals surface area contributed by atoms with Crippen LogP contribution in [0.25, 0.3) is 0 Å². The minimum Gasteiger partial charge on any atom is -0.379 e. The maximum absolute atomic E-state index is 13.0. The molecule has 2 amide bonds. The number of alkyl halides is 6. The van der Waals surface area contributed by atoms with Crippen molar-refractivity contribution < 1.29 is 45.5 Å². The Kier molecular flexibility index (Phi) is 12.3. The Labute approximate surface area is 259 Å². The average molecular weight is 647 g/mol. The highest BCUT2D eigenvalue weighted by Crippen LogP contribution is 2.18. The Hall–Kier alpha value is -5.40. The van der Waals surface area contributed by atoms with Crippen molar-refractivity contribution in [3.05, 3.63) is 121 Å². The molecule has 2 unspecified atom stereocenters. The number of ketones is 2. The maximum Gasteiger partial charge on any atom is 0.454 e. The quantitative estimate of drug-likeness (QED) is 0.140. The lowest BCUT2D eigenvalue weighted by atomic mass is 10.0. The van der Waals surface area contributed by atoms with Gasteiger partial charge in [0, 0.05) is 48.8 Å². The number of hydrogen-bond acceptors (Lipinski definition) is 6. The molecule has 14 heteroatoms. The molecule has 0 aliphatic rings. The summed E-state index contributed by atoms with van der Waals surface area (Å²) in [6.07, 6.45) is -7.89. The molecule has 0 heterocycles. The van der Waals surface area contributed by atoms with E-state index in [2.05, 4.69) is 21.3 Å². The van der Waals surface area contributed by atoms with Gasteiger partial charge in [0.2, 0.25) is 11.8 Å². The molecule has 242 valence electrons. The van der Waals surface area contributed by atoms with Crippen LogP contribution in [0.1, 0.15) is 11.1 Å². The first-order valence-electron chi connectivity index (χ1n) is 13.6. The lowest BCUT2D eigenvalue weighted by molar-refractivity contribution is -0.165. The average Bonchev–Trinajstić information content (AvgIpc) is 3.01. The summed E-state index contributed by atoms with van der Waals surface area (Å²) >= 11 is 0. The van der Waals surface area contributed by atoms with E-state index in [1.807, 2.05) is 0 Å². The number of anilines is 2. The summed E-state index contributed by atoms with van der Waals surface area (Å²) in [6, 6.07) is 20.9. The number of nitrogens with one attached hydrogen (secondary N) is 4. The number of halogens is 6. The molecule has 3 aromatic carbocycles. The molecule has 0 bridgehead atoms. The third kappa shape index (κ3) is 11.6. The molecule has 0 aliphatic carbocycles. The molecule has 0 radical (unpaired) electrons. The lowest BCUT2D eigenvalue weighted by Crippen LogP contribution is -2.40. The first-order valence-corrected chi connectivity index (χ1v) is 13.6. The number of carbonyl (C=O) groups excluding carboxylic acids is 4. The number of allylic oxidation sites excluding steroid dienone is 2. The van der Waals surface area contributed by atoms with Crippen LogP contribution >= 0.6 is 0 Å². The van der Waals surface area contributed by atoms with Gasteiger partial charge in [-0.05, 0) is 35.4 Å². The van der Waals surface area contributed by atoms with E-state index >= 15 is 0 Å². The zero-order chi connectivity index (χ0) is 33.7. The minimum atomic E-state index is -5.06. The Bertz CT molecular complexity index is 1420. The van der Waals surface area contributed by atoms with Gasteiger partial charge in [0.15, 0.2) is 0 Å². The van der Waals surface area contributed by atoms with E-state index < -0.39 is 47.8 Å². The first-order chi connectivity index (χ1) is 21.7. The molecule has 0 fully saturated rings. The van der Waals surface area contributed by atoms with Gasteiger partial charge >= 0.3 is 12.4 Å². The first kappa shape index (κ1) is 35.1. The lowest BCUT2D eigenvalue weighted by Gasteiger charge is -2.19. The number of benzene rings is 3. The standard InChI is InChI=1S/C32H28F6N4O4/c33-31(34,35)27(43)15-17-39-25(19-21-7-3-1-4-8-21)29(45)41-23-11-13-24(14-12-23)42-30(46)26(20-22-9-5-2-6-10-22)40-18-16-28(44)32(36,37)38/h1-18,25-26,39-40H,19-20H2,(H,41,45)(H,42,46)/b17-15+,18-16+. The van der Waals surface area contributed by atoms with E-state index in [4.69, 9.17) is 0 Å². The Morgan fingerprint density at radius 2 is 0.870 bits per heavy atom. The van der Waals surface area contributed by atoms with Gasteiger partial charge in [-0.15, -0.1) is 0 Å². The summed E-state index contributed by atoms with van der Waals surface area (Å²) in [5.41, 5.74) is 1.93. The topological polar surface area (TPSA) is 116 Å². The van der Waals surface area contributed by atoms with Gasteiger partial charge in [-0.3, -0.25) is 19.2 Å². The summed E-state index contributed by atoms with van der Waals surface area (Å²) in [7, 11) is 0. The highest BCUT2D eigenvalue weighted by Gasteiger charge is 2.37. The SMILES string of the molecule is O=C(Nc1ccc(NC(=O)C(Cc2ccccc2)N/C=C/C(=O)C(F)(F)F)cc1)C(Cc1ccccc1)N/C=C/C(=O)C(F)(F)F. The molecule has 0 aromatic heterocycles. The van der Waals surface area contributed by atoms with Crippen LogP contribution < -0.4 is 21.3 Å². The molecule has 8 nitrogen and oxygen atoms in total. The molecule has 3 rings (SSSR count). The van der Waals surface area contributed by atoms with Crippen molar-refractivity contribution in [2.24, 2.45) is 0 Å². The van der Waals surface area contributed by atoms with Crippen molar-refractivity contribution in [2.75, 3.05) is 10.6 Å². The largest absolute Gasteiger partial charge is 0.454 e. The molecule has 0 aliphatic heterocycles. The zero-order valence-electron chi connectivity index (χ0n) is 23.9. The normalized spacial score (nSPS) is 13.2. The van der Waals surface area contributed by atoms with Crippen LogP contribution in [0.15, 0.2) is 109 Å². The van der Waals surface area contributed by atoms with Gasteiger partial charge in [-0.2, -0.15) is 26.3 Å². The van der Waals surface area contributed by atoms with Crippen molar-refractivity contribution >= 4 is 34.8 Å². The third-order valence-corrected chi connectivity index (χ3v) is 6.24. The molecule has 0 spiro atoms. The number of carbonyl (C=O) groups is 4. The smallest absolute Gasteiger partial charge is 0.379 e. The van der Waals surface area contributed by atoms with Crippen LogP contribution in [0.4, 0.5) is 37.7 Å². The van der Waals surface area contributed by atoms with Gasteiger partial charge in [0.1, 0.15) is 12.1 Å². The summed E-state index contributed by atoms with van der Waals surface area (Å²) in [4.78, 5) is 48.4. The van der Waals surface area contributed by atoms with Crippen LogP contribution in [-0.4, -0.2) is 47.8 Å².